The van der Waals surface area contributed by atoms with E-state index in [9.17, 15) is 15.0 Å². The van der Waals surface area contributed by atoms with Crippen LogP contribution in [0.4, 0.5) is 0 Å². The number of carboxylic acid groups (broad SMARTS) is 1. The van der Waals surface area contributed by atoms with Gasteiger partial charge in [0.1, 0.15) is 0 Å². The molecule has 4 aliphatic carbocycles. The molecule has 4 saturated carbocycles. The van der Waals surface area contributed by atoms with Crippen LogP contribution in [-0.4, -0.2) is 21.8 Å². The van der Waals surface area contributed by atoms with Gasteiger partial charge in [-0.1, -0.05) is 13.3 Å². The zero-order valence-electron chi connectivity index (χ0n) is 14.0. The van der Waals surface area contributed by atoms with Crippen molar-refractivity contribution < 1.29 is 15.0 Å². The lowest BCUT2D eigenvalue weighted by Gasteiger charge is -2.63. The van der Waals surface area contributed by atoms with Gasteiger partial charge in [0.05, 0.1) is 11.5 Å². The van der Waals surface area contributed by atoms with Crippen molar-refractivity contribution in [1.29, 1.82) is 0 Å². The Kier molecular flexibility index (Phi) is 3.06. The number of aliphatic carboxylic acids is 1. The van der Waals surface area contributed by atoms with Crippen LogP contribution >= 0.6 is 0 Å². The smallest absolute Gasteiger partial charge is 0.306 e. The zero-order chi connectivity index (χ0) is 15.8. The summed E-state index contributed by atoms with van der Waals surface area (Å²) in [5.41, 5.74) is -0.0285. The number of aliphatic hydroxyl groups is 1. The predicted octanol–water partition coefficient (Wildman–Crippen LogP) is 3.84. The van der Waals surface area contributed by atoms with Crippen molar-refractivity contribution in [3.63, 3.8) is 0 Å². The Balaban J connectivity index is 1.70. The molecular formula is C19H30O3. The summed E-state index contributed by atoms with van der Waals surface area (Å²) in [6.45, 7) is 4.47. The molecule has 0 radical (unpaired) electrons. The van der Waals surface area contributed by atoms with Crippen molar-refractivity contribution in [2.24, 2.45) is 34.5 Å². The van der Waals surface area contributed by atoms with Crippen LogP contribution in [0.1, 0.15) is 71.6 Å². The van der Waals surface area contributed by atoms with E-state index in [4.69, 9.17) is 0 Å². The molecule has 124 valence electrons. The first kappa shape index (κ1) is 15.0. The second kappa shape index (κ2) is 4.49. The zero-order valence-corrected chi connectivity index (χ0v) is 14.0. The molecule has 1 spiro atoms. The average Bonchev–Trinajstić information content (AvgIpc) is 2.69. The van der Waals surface area contributed by atoms with Gasteiger partial charge in [-0.2, -0.15) is 0 Å². The number of rotatable bonds is 1. The van der Waals surface area contributed by atoms with Crippen molar-refractivity contribution >= 4 is 5.97 Å². The molecule has 0 aromatic rings. The molecule has 3 heteroatoms. The highest BCUT2D eigenvalue weighted by molar-refractivity contribution is 5.71. The molecule has 0 amide bonds. The summed E-state index contributed by atoms with van der Waals surface area (Å²) >= 11 is 0. The van der Waals surface area contributed by atoms with Crippen LogP contribution in [0.25, 0.3) is 0 Å². The van der Waals surface area contributed by atoms with Gasteiger partial charge in [-0.25, -0.2) is 0 Å². The maximum absolute atomic E-state index is 11.6. The van der Waals surface area contributed by atoms with E-state index in [0.717, 1.165) is 44.9 Å². The molecule has 3 nitrogen and oxygen atoms in total. The maximum Gasteiger partial charge on any atom is 0.306 e. The Hall–Kier alpha value is -0.570. The van der Waals surface area contributed by atoms with Crippen LogP contribution in [-0.2, 0) is 4.79 Å². The summed E-state index contributed by atoms with van der Waals surface area (Å²) in [5, 5.41) is 20.5. The Morgan fingerprint density at radius 1 is 1.00 bits per heavy atom. The number of hydrogen-bond donors (Lipinski definition) is 2. The maximum atomic E-state index is 11.6. The van der Waals surface area contributed by atoms with Gasteiger partial charge in [-0.3, -0.25) is 4.79 Å². The van der Waals surface area contributed by atoms with E-state index in [-0.39, 0.29) is 16.7 Å². The molecule has 0 saturated heterocycles. The van der Waals surface area contributed by atoms with Crippen LogP contribution in [0, 0.1) is 34.5 Å². The summed E-state index contributed by atoms with van der Waals surface area (Å²) in [7, 11) is 0. The van der Waals surface area contributed by atoms with Crippen LogP contribution in [0.3, 0.4) is 0 Å². The topological polar surface area (TPSA) is 57.5 Å². The highest BCUT2D eigenvalue weighted by Crippen LogP contribution is 2.71. The minimum Gasteiger partial charge on any atom is -0.481 e. The van der Waals surface area contributed by atoms with E-state index in [1.165, 1.54) is 12.8 Å². The Labute approximate surface area is 133 Å². The summed E-state index contributed by atoms with van der Waals surface area (Å²) in [5.74, 6) is 0.786. The normalized spacial score (nSPS) is 57.0. The third-order valence-corrected chi connectivity index (χ3v) is 8.42. The van der Waals surface area contributed by atoms with Crippen molar-refractivity contribution in [3.05, 3.63) is 0 Å². The monoisotopic (exact) mass is 306 g/mol. The molecule has 0 aliphatic heterocycles. The van der Waals surface area contributed by atoms with E-state index in [1.54, 1.807) is 0 Å². The molecule has 4 fully saturated rings. The molecule has 0 aromatic heterocycles. The van der Waals surface area contributed by atoms with E-state index >= 15 is 0 Å². The molecule has 4 rings (SSSR count). The van der Waals surface area contributed by atoms with Gasteiger partial charge in [0.2, 0.25) is 0 Å². The SMILES string of the molecule is C[C@@]12CCC[C@@](C)(O)[C@H]1CC[C@@]13C[C@@H](CC[C@H]12)[C@@H](C(=O)O)C3. The fraction of sp³-hybridized carbons (Fsp3) is 0.947. The van der Waals surface area contributed by atoms with Gasteiger partial charge in [0.25, 0.3) is 0 Å². The van der Waals surface area contributed by atoms with Crippen LogP contribution in [0.15, 0.2) is 0 Å². The van der Waals surface area contributed by atoms with Crippen molar-refractivity contribution in [2.75, 3.05) is 0 Å². The largest absolute Gasteiger partial charge is 0.481 e. The van der Waals surface area contributed by atoms with Gasteiger partial charge >= 0.3 is 5.97 Å². The quantitative estimate of drug-likeness (QED) is 0.773. The Bertz CT molecular complexity index is 499. The standard InChI is InChI=1S/C19H30O3/c1-17-7-3-8-18(2,22)14(17)6-9-19-10-12(4-5-15(17)19)13(11-19)16(20)21/h12-15,22H,3-11H2,1-2H3,(H,20,21)/t12-,13+,14+,15+,17-,18-,19+/m1/s1. The van der Waals surface area contributed by atoms with E-state index in [1.807, 2.05) is 6.92 Å². The summed E-state index contributed by atoms with van der Waals surface area (Å²) in [4.78, 5) is 11.6. The van der Waals surface area contributed by atoms with Gasteiger partial charge in [-0.15, -0.1) is 0 Å². The second-order valence-electron chi connectivity index (χ2n) is 9.41. The average molecular weight is 306 g/mol. The third kappa shape index (κ3) is 1.81. The molecule has 22 heavy (non-hydrogen) atoms. The van der Waals surface area contributed by atoms with Gasteiger partial charge in [0, 0.05) is 0 Å². The first-order chi connectivity index (χ1) is 10.3. The highest BCUT2D eigenvalue weighted by Gasteiger charge is 2.65. The van der Waals surface area contributed by atoms with E-state index in [2.05, 4.69) is 6.92 Å². The van der Waals surface area contributed by atoms with E-state index < -0.39 is 11.6 Å². The number of carboxylic acids is 1. The number of fused-ring (bicyclic) bond motifs is 3. The molecule has 7 atom stereocenters. The molecule has 2 N–H and O–H groups in total. The van der Waals surface area contributed by atoms with Gasteiger partial charge in [-0.05, 0) is 86.9 Å². The lowest BCUT2D eigenvalue weighted by Crippen LogP contribution is -2.58. The fourth-order valence-corrected chi connectivity index (χ4v) is 7.70. The predicted molar refractivity (Wildman–Crippen MR) is 84.3 cm³/mol. The number of carbonyl (C=O) groups is 1. The number of hydrogen-bond acceptors (Lipinski definition) is 2. The fourth-order valence-electron chi connectivity index (χ4n) is 7.70. The lowest BCUT2D eigenvalue weighted by molar-refractivity contribution is -0.180. The highest BCUT2D eigenvalue weighted by atomic mass is 16.4. The summed E-state index contributed by atoms with van der Waals surface area (Å²) in [6.07, 6.45) is 9.86. The Morgan fingerprint density at radius 2 is 1.77 bits per heavy atom. The second-order valence-corrected chi connectivity index (χ2v) is 9.41. The third-order valence-electron chi connectivity index (χ3n) is 8.42. The molecule has 4 aliphatic rings. The molecule has 0 aromatic carbocycles. The minimum atomic E-state index is -0.564. The Morgan fingerprint density at radius 3 is 2.50 bits per heavy atom. The van der Waals surface area contributed by atoms with Crippen LogP contribution < -0.4 is 0 Å². The van der Waals surface area contributed by atoms with Crippen LogP contribution in [0.2, 0.25) is 0 Å². The van der Waals surface area contributed by atoms with Gasteiger partial charge < -0.3 is 10.2 Å². The first-order valence-corrected chi connectivity index (χ1v) is 9.24. The van der Waals surface area contributed by atoms with Gasteiger partial charge in [0.15, 0.2) is 0 Å². The molecular weight excluding hydrogens is 276 g/mol. The minimum absolute atomic E-state index is 0.103. The van der Waals surface area contributed by atoms with E-state index in [0.29, 0.717) is 17.8 Å². The summed E-state index contributed by atoms with van der Waals surface area (Å²) < 4.78 is 0. The summed E-state index contributed by atoms with van der Waals surface area (Å²) in [6, 6.07) is 0. The van der Waals surface area contributed by atoms with Crippen molar-refractivity contribution in [3.8, 4) is 0 Å². The molecule has 0 heterocycles. The molecule has 2 bridgehead atoms. The first-order valence-electron chi connectivity index (χ1n) is 9.24. The van der Waals surface area contributed by atoms with Crippen molar-refractivity contribution in [2.45, 2.75) is 77.2 Å². The van der Waals surface area contributed by atoms with Crippen LogP contribution in [0.5, 0.6) is 0 Å². The molecule has 0 unspecified atom stereocenters. The lowest BCUT2D eigenvalue weighted by atomic mass is 9.43. The van der Waals surface area contributed by atoms with Crippen molar-refractivity contribution in [1.82, 2.24) is 0 Å².